The zero-order valence-corrected chi connectivity index (χ0v) is 10.1. The maximum absolute atomic E-state index is 11.5. The molecule has 1 heterocycles. The van der Waals surface area contributed by atoms with Crippen LogP contribution >= 0.6 is 0 Å². The van der Waals surface area contributed by atoms with Crippen molar-refractivity contribution in [2.45, 2.75) is 38.1 Å². The molecule has 1 unspecified atom stereocenters. The standard InChI is InChI=1S/C12H17N3O3/c16-11-10(13-6-7-14-11)15-9(12(17)18)8-4-2-1-3-5-8/h6-9H,1-5H2,(H,13,15)(H,14,16)(H,17,18). The Balaban J connectivity index is 2.13. The van der Waals surface area contributed by atoms with Gasteiger partial charge in [0, 0.05) is 12.4 Å². The predicted molar refractivity (Wildman–Crippen MR) is 66.5 cm³/mol. The van der Waals surface area contributed by atoms with Crippen LogP contribution in [0.2, 0.25) is 0 Å². The highest BCUT2D eigenvalue weighted by Gasteiger charge is 2.30. The van der Waals surface area contributed by atoms with E-state index in [2.05, 4.69) is 15.3 Å². The molecule has 0 saturated heterocycles. The van der Waals surface area contributed by atoms with E-state index >= 15 is 0 Å². The second-order valence-corrected chi connectivity index (χ2v) is 4.63. The van der Waals surface area contributed by atoms with Crippen LogP contribution in [0.4, 0.5) is 5.82 Å². The molecule has 6 heteroatoms. The smallest absolute Gasteiger partial charge is 0.326 e. The van der Waals surface area contributed by atoms with Gasteiger partial charge >= 0.3 is 5.97 Å². The number of nitrogens with one attached hydrogen (secondary N) is 2. The lowest BCUT2D eigenvalue weighted by atomic mass is 9.84. The molecule has 98 valence electrons. The Morgan fingerprint density at radius 3 is 2.78 bits per heavy atom. The number of H-pyrrole nitrogens is 1. The minimum absolute atomic E-state index is 0.0673. The number of carbonyl (C=O) groups is 1. The average molecular weight is 251 g/mol. The number of carboxylic acid groups (broad SMARTS) is 1. The summed E-state index contributed by atoms with van der Waals surface area (Å²) in [5.41, 5.74) is -0.389. The van der Waals surface area contributed by atoms with E-state index < -0.39 is 12.0 Å². The van der Waals surface area contributed by atoms with E-state index in [1.54, 1.807) is 0 Å². The minimum atomic E-state index is -0.924. The molecule has 1 saturated carbocycles. The first-order chi connectivity index (χ1) is 8.68. The van der Waals surface area contributed by atoms with Gasteiger partial charge in [0.05, 0.1) is 0 Å². The second kappa shape index (κ2) is 5.66. The third-order valence-corrected chi connectivity index (χ3v) is 3.39. The Bertz CT molecular complexity index is 466. The van der Waals surface area contributed by atoms with Crippen LogP contribution in [0.25, 0.3) is 0 Å². The lowest BCUT2D eigenvalue weighted by Gasteiger charge is -2.27. The van der Waals surface area contributed by atoms with Crippen LogP contribution in [0.15, 0.2) is 17.2 Å². The van der Waals surface area contributed by atoms with Crippen molar-refractivity contribution in [3.05, 3.63) is 22.7 Å². The number of hydrogen-bond donors (Lipinski definition) is 3. The summed E-state index contributed by atoms with van der Waals surface area (Å²) >= 11 is 0. The Morgan fingerprint density at radius 1 is 1.44 bits per heavy atom. The summed E-state index contributed by atoms with van der Waals surface area (Å²) < 4.78 is 0. The van der Waals surface area contributed by atoms with Gasteiger partial charge < -0.3 is 15.4 Å². The predicted octanol–water partition coefficient (Wildman–Crippen LogP) is 1.22. The monoisotopic (exact) mass is 251 g/mol. The lowest BCUT2D eigenvalue weighted by molar-refractivity contribution is -0.139. The molecule has 1 aliphatic carbocycles. The van der Waals surface area contributed by atoms with Crippen molar-refractivity contribution in [3.63, 3.8) is 0 Å². The molecule has 0 aliphatic heterocycles. The fourth-order valence-electron chi connectivity index (χ4n) is 2.45. The van der Waals surface area contributed by atoms with Crippen molar-refractivity contribution in [3.8, 4) is 0 Å². The van der Waals surface area contributed by atoms with Gasteiger partial charge in [-0.15, -0.1) is 0 Å². The van der Waals surface area contributed by atoms with Crippen molar-refractivity contribution >= 4 is 11.8 Å². The number of aliphatic carboxylic acids is 1. The number of aromatic amines is 1. The van der Waals surface area contributed by atoms with Gasteiger partial charge in [-0.3, -0.25) is 4.79 Å². The van der Waals surface area contributed by atoms with E-state index in [-0.39, 0.29) is 17.3 Å². The minimum Gasteiger partial charge on any atom is -0.480 e. The van der Waals surface area contributed by atoms with Gasteiger partial charge in [-0.25, -0.2) is 9.78 Å². The molecule has 0 radical (unpaired) electrons. The number of anilines is 1. The Morgan fingerprint density at radius 2 is 2.17 bits per heavy atom. The molecule has 18 heavy (non-hydrogen) atoms. The zero-order chi connectivity index (χ0) is 13.0. The third-order valence-electron chi connectivity index (χ3n) is 3.39. The maximum atomic E-state index is 11.5. The van der Waals surface area contributed by atoms with Gasteiger partial charge in [0.25, 0.3) is 5.56 Å². The van der Waals surface area contributed by atoms with E-state index in [1.807, 2.05) is 0 Å². The van der Waals surface area contributed by atoms with Crippen LogP contribution in [0.3, 0.4) is 0 Å². The van der Waals surface area contributed by atoms with Gasteiger partial charge in [0.15, 0.2) is 5.82 Å². The molecule has 1 aromatic heterocycles. The third kappa shape index (κ3) is 2.88. The molecule has 1 aromatic rings. The number of rotatable bonds is 4. The van der Waals surface area contributed by atoms with Crippen LogP contribution in [-0.4, -0.2) is 27.1 Å². The molecule has 1 fully saturated rings. The summed E-state index contributed by atoms with van der Waals surface area (Å²) in [5, 5.41) is 12.0. The van der Waals surface area contributed by atoms with Gasteiger partial charge in [0.1, 0.15) is 6.04 Å². The first-order valence-electron chi connectivity index (χ1n) is 6.21. The first kappa shape index (κ1) is 12.6. The largest absolute Gasteiger partial charge is 0.480 e. The average Bonchev–Trinajstić information content (AvgIpc) is 2.38. The normalized spacial score (nSPS) is 18.2. The number of nitrogens with zero attached hydrogens (tertiary/aromatic N) is 1. The van der Waals surface area contributed by atoms with E-state index in [4.69, 9.17) is 0 Å². The fraction of sp³-hybridized carbons (Fsp3) is 0.583. The summed E-state index contributed by atoms with van der Waals surface area (Å²) in [4.78, 5) is 29.1. The van der Waals surface area contributed by atoms with E-state index in [0.717, 1.165) is 32.1 Å². The van der Waals surface area contributed by atoms with Gasteiger partial charge in [0.2, 0.25) is 0 Å². The van der Waals surface area contributed by atoms with Crippen molar-refractivity contribution < 1.29 is 9.90 Å². The molecule has 1 atom stereocenters. The highest BCUT2D eigenvalue weighted by molar-refractivity contribution is 5.77. The van der Waals surface area contributed by atoms with Crippen molar-refractivity contribution in [2.24, 2.45) is 5.92 Å². The van der Waals surface area contributed by atoms with Crippen LogP contribution in [0.5, 0.6) is 0 Å². The molecule has 2 rings (SSSR count). The number of carboxylic acids is 1. The van der Waals surface area contributed by atoms with Crippen LogP contribution < -0.4 is 10.9 Å². The zero-order valence-electron chi connectivity index (χ0n) is 10.1. The van der Waals surface area contributed by atoms with E-state index in [0.29, 0.717) is 0 Å². The number of hydrogen-bond acceptors (Lipinski definition) is 4. The van der Waals surface area contributed by atoms with Gasteiger partial charge in [-0.2, -0.15) is 0 Å². The van der Waals surface area contributed by atoms with E-state index in [1.165, 1.54) is 12.4 Å². The molecule has 0 bridgehead atoms. The van der Waals surface area contributed by atoms with Crippen molar-refractivity contribution in [2.75, 3.05) is 5.32 Å². The van der Waals surface area contributed by atoms with Crippen LogP contribution in [0, 0.1) is 5.92 Å². The summed E-state index contributed by atoms with van der Waals surface area (Å²) in [6, 6.07) is -0.735. The summed E-state index contributed by atoms with van der Waals surface area (Å²) in [5.74, 6) is -0.778. The van der Waals surface area contributed by atoms with Gasteiger partial charge in [-0.05, 0) is 18.8 Å². The first-order valence-corrected chi connectivity index (χ1v) is 6.21. The second-order valence-electron chi connectivity index (χ2n) is 4.63. The lowest BCUT2D eigenvalue weighted by Crippen LogP contribution is -2.39. The van der Waals surface area contributed by atoms with Gasteiger partial charge in [-0.1, -0.05) is 19.3 Å². The fourth-order valence-corrected chi connectivity index (χ4v) is 2.45. The SMILES string of the molecule is O=C(O)C(Nc1ncc[nH]c1=O)C1CCCCC1. The van der Waals surface area contributed by atoms with Crippen LogP contribution in [-0.2, 0) is 4.79 Å². The molecule has 0 aromatic carbocycles. The van der Waals surface area contributed by atoms with Crippen molar-refractivity contribution in [1.29, 1.82) is 0 Å². The molecule has 1 aliphatic rings. The Kier molecular flexibility index (Phi) is 3.96. The van der Waals surface area contributed by atoms with E-state index in [9.17, 15) is 14.7 Å². The molecule has 6 nitrogen and oxygen atoms in total. The Hall–Kier alpha value is -1.85. The maximum Gasteiger partial charge on any atom is 0.326 e. The number of aromatic nitrogens is 2. The molecule has 3 N–H and O–H groups in total. The molecular formula is C12H17N3O3. The van der Waals surface area contributed by atoms with Crippen molar-refractivity contribution in [1.82, 2.24) is 9.97 Å². The quantitative estimate of drug-likeness (QED) is 0.747. The molecule has 0 amide bonds. The highest BCUT2D eigenvalue weighted by Crippen LogP contribution is 2.27. The molecule has 0 spiro atoms. The highest BCUT2D eigenvalue weighted by atomic mass is 16.4. The summed E-state index contributed by atoms with van der Waals surface area (Å²) in [6.07, 6.45) is 7.88. The summed E-state index contributed by atoms with van der Waals surface area (Å²) in [7, 11) is 0. The topological polar surface area (TPSA) is 95.1 Å². The molecular weight excluding hydrogens is 234 g/mol. The summed E-state index contributed by atoms with van der Waals surface area (Å²) in [6.45, 7) is 0. The van der Waals surface area contributed by atoms with Crippen LogP contribution in [0.1, 0.15) is 32.1 Å². The Labute approximate surface area is 104 Å².